The predicted octanol–water partition coefficient (Wildman–Crippen LogP) is 0.744. The lowest BCUT2D eigenvalue weighted by Gasteiger charge is -2.56. The van der Waals surface area contributed by atoms with E-state index < -0.39 is 5.97 Å². The van der Waals surface area contributed by atoms with Crippen LogP contribution in [0.1, 0.15) is 32.6 Å². The lowest BCUT2D eigenvalue weighted by Crippen LogP contribution is -2.68. The van der Waals surface area contributed by atoms with E-state index in [1.54, 1.807) is 0 Å². The van der Waals surface area contributed by atoms with Gasteiger partial charge in [0, 0.05) is 19.3 Å². The molecule has 80 valence electrons. The molecule has 4 fully saturated rings. The van der Waals surface area contributed by atoms with Gasteiger partial charge in [-0.1, -0.05) is 6.92 Å². The molecular weight excluding hydrogens is 182 g/mol. The van der Waals surface area contributed by atoms with Gasteiger partial charge < -0.3 is 19.9 Å². The molecule has 4 bridgehead atoms. The van der Waals surface area contributed by atoms with Crippen molar-refractivity contribution in [2.75, 3.05) is 0 Å². The molecule has 3 saturated heterocycles. The molecule has 1 unspecified atom stereocenters. The third-order valence-corrected chi connectivity index (χ3v) is 3.46. The molecule has 1 saturated carbocycles. The second kappa shape index (κ2) is 2.92. The highest BCUT2D eigenvalue weighted by Gasteiger charge is 2.57. The summed E-state index contributed by atoms with van der Waals surface area (Å²) in [6.45, 7) is 2.03. The van der Waals surface area contributed by atoms with Crippen molar-refractivity contribution in [3.63, 3.8) is 0 Å². The fourth-order valence-corrected chi connectivity index (χ4v) is 2.75. The van der Waals surface area contributed by atoms with Crippen molar-refractivity contribution in [2.24, 2.45) is 5.73 Å². The van der Waals surface area contributed by atoms with Crippen molar-refractivity contribution in [3.05, 3.63) is 0 Å². The van der Waals surface area contributed by atoms with Gasteiger partial charge in [0.25, 0.3) is 5.97 Å². The van der Waals surface area contributed by atoms with Gasteiger partial charge >= 0.3 is 0 Å². The number of rotatable bonds is 2. The second-order valence-corrected chi connectivity index (χ2v) is 4.54. The molecule has 0 amide bonds. The SMILES string of the molecule is CCC(N)C12OC3CC(CC(C3)O1)O2. The van der Waals surface area contributed by atoms with Gasteiger partial charge in [-0.25, -0.2) is 0 Å². The van der Waals surface area contributed by atoms with Crippen LogP contribution >= 0.6 is 0 Å². The maximum atomic E-state index is 6.00. The Hall–Kier alpha value is -0.160. The van der Waals surface area contributed by atoms with Gasteiger partial charge in [0.2, 0.25) is 0 Å². The van der Waals surface area contributed by atoms with Crippen LogP contribution in [-0.4, -0.2) is 30.3 Å². The monoisotopic (exact) mass is 199 g/mol. The van der Waals surface area contributed by atoms with E-state index in [-0.39, 0.29) is 6.04 Å². The van der Waals surface area contributed by atoms with Gasteiger partial charge in [-0.15, -0.1) is 0 Å². The number of hydrogen-bond donors (Lipinski definition) is 1. The molecule has 0 radical (unpaired) electrons. The van der Waals surface area contributed by atoms with Crippen LogP contribution in [0.4, 0.5) is 0 Å². The lowest BCUT2D eigenvalue weighted by atomic mass is 9.88. The molecule has 4 nitrogen and oxygen atoms in total. The van der Waals surface area contributed by atoms with Crippen molar-refractivity contribution < 1.29 is 14.2 Å². The van der Waals surface area contributed by atoms with E-state index in [0.717, 1.165) is 25.7 Å². The van der Waals surface area contributed by atoms with Crippen LogP contribution in [0.15, 0.2) is 0 Å². The largest absolute Gasteiger partial charge is 0.323 e. The minimum absolute atomic E-state index is 0.170. The van der Waals surface area contributed by atoms with Crippen LogP contribution in [0.5, 0.6) is 0 Å². The Balaban J connectivity index is 1.87. The predicted molar refractivity (Wildman–Crippen MR) is 49.5 cm³/mol. The van der Waals surface area contributed by atoms with Gasteiger partial charge in [-0.05, 0) is 6.42 Å². The summed E-state index contributed by atoms with van der Waals surface area (Å²) in [4.78, 5) is 0. The number of hydrogen-bond acceptors (Lipinski definition) is 4. The second-order valence-electron chi connectivity index (χ2n) is 4.54. The van der Waals surface area contributed by atoms with Crippen LogP contribution in [0.25, 0.3) is 0 Å². The van der Waals surface area contributed by atoms with Crippen molar-refractivity contribution in [3.8, 4) is 0 Å². The number of ether oxygens (including phenoxy) is 3. The highest BCUT2D eigenvalue weighted by atomic mass is 16.9. The molecule has 4 aliphatic rings. The van der Waals surface area contributed by atoms with Crippen molar-refractivity contribution in [1.82, 2.24) is 0 Å². The molecule has 0 aromatic carbocycles. The molecule has 0 aromatic heterocycles. The fraction of sp³-hybridized carbons (Fsp3) is 1.00. The zero-order chi connectivity index (χ0) is 9.76. The molecule has 1 atom stereocenters. The van der Waals surface area contributed by atoms with Crippen LogP contribution in [-0.2, 0) is 14.2 Å². The normalized spacial score (nSPS) is 52.3. The minimum atomic E-state index is -0.913. The maximum Gasteiger partial charge on any atom is 0.299 e. The average molecular weight is 199 g/mol. The summed E-state index contributed by atoms with van der Waals surface area (Å²) in [5, 5.41) is 0. The van der Waals surface area contributed by atoms with E-state index in [1.165, 1.54) is 0 Å². The van der Waals surface area contributed by atoms with E-state index in [4.69, 9.17) is 19.9 Å². The van der Waals surface area contributed by atoms with E-state index in [2.05, 4.69) is 0 Å². The summed E-state index contributed by atoms with van der Waals surface area (Å²) >= 11 is 0. The zero-order valence-electron chi connectivity index (χ0n) is 8.44. The number of nitrogens with two attached hydrogens (primary N) is 1. The Kier molecular flexibility index (Phi) is 1.89. The summed E-state index contributed by atoms with van der Waals surface area (Å²) < 4.78 is 17.4. The van der Waals surface area contributed by atoms with Crippen LogP contribution in [0.2, 0.25) is 0 Å². The minimum Gasteiger partial charge on any atom is -0.323 e. The molecule has 4 heteroatoms. The third-order valence-electron chi connectivity index (χ3n) is 3.46. The first-order valence-electron chi connectivity index (χ1n) is 5.51. The molecule has 2 N–H and O–H groups in total. The summed E-state index contributed by atoms with van der Waals surface area (Å²) in [7, 11) is 0. The first-order valence-corrected chi connectivity index (χ1v) is 5.51. The molecular formula is C10H17NO3. The van der Waals surface area contributed by atoms with E-state index >= 15 is 0 Å². The summed E-state index contributed by atoms with van der Waals surface area (Å²) in [5.74, 6) is -0.913. The maximum absolute atomic E-state index is 6.00. The van der Waals surface area contributed by atoms with E-state index in [9.17, 15) is 0 Å². The van der Waals surface area contributed by atoms with Gasteiger partial charge in [0.1, 0.15) is 0 Å². The highest BCUT2D eigenvalue weighted by molar-refractivity contribution is 4.94. The lowest BCUT2D eigenvalue weighted by molar-refractivity contribution is -0.499. The summed E-state index contributed by atoms with van der Waals surface area (Å²) in [5.41, 5.74) is 6.00. The zero-order valence-corrected chi connectivity index (χ0v) is 8.44. The molecule has 3 aliphatic heterocycles. The standard InChI is InChI=1S/C10H17NO3/c1-2-9(11)10-12-6-3-7(13-10)5-8(4-6)14-10/h6-9H,2-5,11H2,1H3. The summed E-state index contributed by atoms with van der Waals surface area (Å²) in [6.07, 6.45) is 4.76. The Morgan fingerprint density at radius 3 is 1.93 bits per heavy atom. The molecule has 0 spiro atoms. The first kappa shape index (κ1) is 9.09. The first-order chi connectivity index (χ1) is 6.72. The third kappa shape index (κ3) is 1.15. The molecule has 1 aliphatic carbocycles. The van der Waals surface area contributed by atoms with Crippen molar-refractivity contribution >= 4 is 0 Å². The van der Waals surface area contributed by atoms with Gasteiger partial charge in [-0.3, -0.25) is 0 Å². The molecule has 14 heavy (non-hydrogen) atoms. The van der Waals surface area contributed by atoms with Crippen molar-refractivity contribution in [2.45, 2.75) is 62.9 Å². The van der Waals surface area contributed by atoms with Crippen LogP contribution < -0.4 is 5.73 Å². The highest BCUT2D eigenvalue weighted by Crippen LogP contribution is 2.46. The Bertz CT molecular complexity index is 208. The Morgan fingerprint density at radius 1 is 1.14 bits per heavy atom. The van der Waals surface area contributed by atoms with Gasteiger partial charge in [-0.2, -0.15) is 0 Å². The molecule has 4 rings (SSSR count). The summed E-state index contributed by atoms with van der Waals surface area (Å²) in [6, 6.07) is -0.170. The fourth-order valence-electron chi connectivity index (χ4n) is 2.75. The smallest absolute Gasteiger partial charge is 0.299 e. The van der Waals surface area contributed by atoms with Gasteiger partial charge in [0.05, 0.1) is 24.4 Å². The Morgan fingerprint density at radius 2 is 1.57 bits per heavy atom. The van der Waals surface area contributed by atoms with Crippen LogP contribution in [0, 0.1) is 0 Å². The van der Waals surface area contributed by atoms with Crippen molar-refractivity contribution in [1.29, 1.82) is 0 Å². The van der Waals surface area contributed by atoms with E-state index in [0.29, 0.717) is 18.3 Å². The quantitative estimate of drug-likeness (QED) is 0.712. The average Bonchev–Trinajstić information content (AvgIpc) is 2.14. The van der Waals surface area contributed by atoms with Crippen LogP contribution in [0.3, 0.4) is 0 Å². The van der Waals surface area contributed by atoms with E-state index in [1.807, 2.05) is 6.92 Å². The topological polar surface area (TPSA) is 53.7 Å². The molecule has 0 aromatic rings. The van der Waals surface area contributed by atoms with Gasteiger partial charge in [0.15, 0.2) is 0 Å². The Labute approximate surface area is 83.7 Å². The molecule has 3 heterocycles.